The number of alkyl carbamates (subject to hydrolysis) is 1. The number of hydrogen-bond acceptors (Lipinski definition) is 4. The average molecular weight is 449 g/mol. The Balaban J connectivity index is 1.10. The van der Waals surface area contributed by atoms with E-state index >= 15 is 0 Å². The Hall–Kier alpha value is -3.35. The zero-order chi connectivity index (χ0) is 22.9. The Morgan fingerprint density at radius 2 is 1.55 bits per heavy atom. The molecule has 0 spiro atoms. The van der Waals surface area contributed by atoms with Crippen molar-refractivity contribution in [2.75, 3.05) is 6.61 Å². The summed E-state index contributed by atoms with van der Waals surface area (Å²) < 4.78 is 5.57. The van der Waals surface area contributed by atoms with Gasteiger partial charge >= 0.3 is 12.1 Å². The van der Waals surface area contributed by atoms with Crippen molar-refractivity contribution < 1.29 is 24.2 Å². The van der Waals surface area contributed by atoms with E-state index in [1.165, 1.54) is 22.3 Å². The second kappa shape index (κ2) is 8.89. The number of rotatable bonds is 6. The first-order valence-corrected chi connectivity index (χ1v) is 11.7. The van der Waals surface area contributed by atoms with Gasteiger partial charge in [-0.15, -0.1) is 0 Å². The lowest BCUT2D eigenvalue weighted by Gasteiger charge is -2.35. The van der Waals surface area contributed by atoms with Crippen molar-refractivity contribution >= 4 is 18.0 Å². The predicted octanol–water partition coefficient (Wildman–Crippen LogP) is 3.67. The molecule has 2 amide bonds. The molecule has 0 heterocycles. The molecule has 7 nitrogen and oxygen atoms in total. The quantitative estimate of drug-likeness (QED) is 0.625. The lowest BCUT2D eigenvalue weighted by atomic mass is 9.79. The summed E-state index contributed by atoms with van der Waals surface area (Å²) in [6.45, 7) is 0.259. The number of carboxylic acids is 1. The number of aliphatic carboxylic acids is 1. The van der Waals surface area contributed by atoms with Gasteiger partial charge in [-0.3, -0.25) is 9.59 Å². The van der Waals surface area contributed by atoms with Crippen LogP contribution < -0.4 is 10.6 Å². The van der Waals surface area contributed by atoms with Crippen molar-refractivity contribution in [1.29, 1.82) is 0 Å². The second-order valence-corrected chi connectivity index (χ2v) is 9.33. The highest BCUT2D eigenvalue weighted by molar-refractivity contribution is 5.82. The molecular weight excluding hydrogens is 420 g/mol. The number of benzene rings is 2. The van der Waals surface area contributed by atoms with E-state index < -0.39 is 18.0 Å². The fourth-order valence-electron chi connectivity index (χ4n) is 5.49. The smallest absolute Gasteiger partial charge is 0.407 e. The van der Waals surface area contributed by atoms with Crippen LogP contribution in [0.1, 0.15) is 49.1 Å². The van der Waals surface area contributed by atoms with Crippen LogP contribution in [0, 0.1) is 11.8 Å². The van der Waals surface area contributed by atoms with Crippen molar-refractivity contribution in [2.45, 2.75) is 50.1 Å². The summed E-state index contributed by atoms with van der Waals surface area (Å²) in [5, 5.41) is 15.0. The molecule has 0 aliphatic heterocycles. The molecule has 2 aromatic carbocycles. The van der Waals surface area contributed by atoms with E-state index in [0.29, 0.717) is 25.7 Å². The standard InChI is InChI=1S/C26H28N2O5/c29-24(28-23-11-5-10-21(23)25(30)31)15-12-16(13-15)27-26(32)33-14-22-19-8-3-1-6-17(19)18-7-2-4-9-20(18)22/h1-4,6-9,15-16,21-23H,5,10-14H2,(H,27,32)(H,28,29)(H,30,31)/t15?,16?,21-,23+/m0/s1. The summed E-state index contributed by atoms with van der Waals surface area (Å²) in [6, 6.07) is 16.0. The van der Waals surface area contributed by atoms with Gasteiger partial charge in [0.25, 0.3) is 0 Å². The summed E-state index contributed by atoms with van der Waals surface area (Å²) >= 11 is 0. The summed E-state index contributed by atoms with van der Waals surface area (Å²) in [7, 11) is 0. The van der Waals surface area contributed by atoms with Gasteiger partial charge in [-0.25, -0.2) is 4.79 Å². The van der Waals surface area contributed by atoms with Gasteiger partial charge in [0.2, 0.25) is 5.91 Å². The van der Waals surface area contributed by atoms with Crippen molar-refractivity contribution in [1.82, 2.24) is 10.6 Å². The van der Waals surface area contributed by atoms with E-state index in [1.807, 2.05) is 24.3 Å². The summed E-state index contributed by atoms with van der Waals surface area (Å²) in [5.41, 5.74) is 4.70. The molecule has 172 valence electrons. The van der Waals surface area contributed by atoms with E-state index in [9.17, 15) is 19.5 Å². The van der Waals surface area contributed by atoms with Crippen molar-refractivity contribution in [2.24, 2.45) is 11.8 Å². The maximum Gasteiger partial charge on any atom is 0.407 e. The molecule has 0 saturated heterocycles. The number of ether oxygens (including phenoxy) is 1. The fourth-order valence-corrected chi connectivity index (χ4v) is 5.49. The monoisotopic (exact) mass is 448 g/mol. The third-order valence-corrected chi connectivity index (χ3v) is 7.34. The molecule has 2 atom stereocenters. The third kappa shape index (κ3) is 4.19. The van der Waals surface area contributed by atoms with Crippen LogP contribution in [-0.4, -0.2) is 41.8 Å². The minimum Gasteiger partial charge on any atom is -0.481 e. The van der Waals surface area contributed by atoms with E-state index in [0.717, 1.165) is 6.42 Å². The first-order chi connectivity index (χ1) is 16.0. The van der Waals surface area contributed by atoms with Gasteiger partial charge in [0.15, 0.2) is 0 Å². The molecule has 2 fully saturated rings. The predicted molar refractivity (Wildman–Crippen MR) is 122 cm³/mol. The molecule has 7 heteroatoms. The number of carbonyl (C=O) groups is 3. The van der Waals surface area contributed by atoms with Gasteiger partial charge in [0.1, 0.15) is 6.61 Å². The average Bonchev–Trinajstić information content (AvgIpc) is 3.37. The Labute approximate surface area is 192 Å². The van der Waals surface area contributed by atoms with Gasteiger partial charge in [-0.2, -0.15) is 0 Å². The lowest BCUT2D eigenvalue weighted by molar-refractivity contribution is -0.142. The van der Waals surface area contributed by atoms with Crippen molar-refractivity contribution in [3.8, 4) is 11.1 Å². The van der Waals surface area contributed by atoms with Gasteiger partial charge in [0.05, 0.1) is 5.92 Å². The Bertz CT molecular complexity index is 1030. The van der Waals surface area contributed by atoms with E-state index in [2.05, 4.69) is 34.9 Å². The normalized spacial score (nSPS) is 25.5. The first-order valence-electron chi connectivity index (χ1n) is 11.7. The number of nitrogens with one attached hydrogen (secondary N) is 2. The molecule has 33 heavy (non-hydrogen) atoms. The highest BCUT2D eigenvalue weighted by Crippen LogP contribution is 2.44. The summed E-state index contributed by atoms with van der Waals surface area (Å²) in [4.78, 5) is 36.2. The highest BCUT2D eigenvalue weighted by atomic mass is 16.5. The molecule has 2 aromatic rings. The minimum absolute atomic E-state index is 0.0108. The number of carboxylic acid groups (broad SMARTS) is 1. The number of hydrogen-bond donors (Lipinski definition) is 3. The van der Waals surface area contributed by atoms with Crippen LogP contribution in [0.4, 0.5) is 4.79 Å². The molecule has 0 radical (unpaired) electrons. The molecule has 3 N–H and O–H groups in total. The zero-order valence-corrected chi connectivity index (χ0v) is 18.3. The zero-order valence-electron chi connectivity index (χ0n) is 18.3. The molecule has 0 aromatic heterocycles. The largest absolute Gasteiger partial charge is 0.481 e. The number of carbonyl (C=O) groups excluding carboxylic acids is 2. The van der Waals surface area contributed by atoms with Gasteiger partial charge in [0, 0.05) is 23.9 Å². The Kier molecular flexibility index (Phi) is 5.79. The maximum absolute atomic E-state index is 12.5. The highest BCUT2D eigenvalue weighted by Gasteiger charge is 2.40. The van der Waals surface area contributed by atoms with E-state index in [4.69, 9.17) is 4.74 Å². The van der Waals surface area contributed by atoms with Gasteiger partial charge in [-0.1, -0.05) is 55.0 Å². The SMILES string of the molecule is O=C(NC1CC(C(=O)N[C@@H]2CCC[C@@H]2C(=O)O)C1)OCC1c2ccccc2-c2ccccc21. The topological polar surface area (TPSA) is 105 Å². The number of amides is 2. The van der Waals surface area contributed by atoms with Crippen molar-refractivity contribution in [3.05, 3.63) is 59.7 Å². The Morgan fingerprint density at radius 3 is 2.18 bits per heavy atom. The van der Waals surface area contributed by atoms with Crippen LogP contribution in [0.5, 0.6) is 0 Å². The molecule has 0 unspecified atom stereocenters. The number of fused-ring (bicyclic) bond motifs is 3. The van der Waals surface area contributed by atoms with Crippen LogP contribution in [0.15, 0.2) is 48.5 Å². The first kappa shape index (κ1) is 21.5. The Morgan fingerprint density at radius 1 is 0.909 bits per heavy atom. The fraction of sp³-hybridized carbons (Fsp3) is 0.423. The van der Waals surface area contributed by atoms with Crippen LogP contribution in [0.3, 0.4) is 0 Å². The molecule has 2 saturated carbocycles. The van der Waals surface area contributed by atoms with Crippen LogP contribution in [0.2, 0.25) is 0 Å². The van der Waals surface area contributed by atoms with E-state index in [-0.39, 0.29) is 36.4 Å². The molecule has 3 aliphatic carbocycles. The summed E-state index contributed by atoms with van der Waals surface area (Å²) in [6.07, 6.45) is 2.75. The van der Waals surface area contributed by atoms with Gasteiger partial charge in [-0.05, 0) is 47.9 Å². The molecule has 3 aliphatic rings. The molecular formula is C26H28N2O5. The van der Waals surface area contributed by atoms with Crippen LogP contribution >= 0.6 is 0 Å². The molecule has 5 rings (SSSR count). The summed E-state index contributed by atoms with van der Waals surface area (Å²) in [5.74, 6) is -1.64. The molecule has 0 bridgehead atoms. The minimum atomic E-state index is -0.846. The van der Waals surface area contributed by atoms with Crippen LogP contribution in [0.25, 0.3) is 11.1 Å². The third-order valence-electron chi connectivity index (χ3n) is 7.34. The second-order valence-electron chi connectivity index (χ2n) is 9.33. The van der Waals surface area contributed by atoms with Crippen molar-refractivity contribution in [3.63, 3.8) is 0 Å². The maximum atomic E-state index is 12.5. The van der Waals surface area contributed by atoms with Crippen LogP contribution in [-0.2, 0) is 14.3 Å². The van der Waals surface area contributed by atoms with Gasteiger partial charge < -0.3 is 20.5 Å². The lowest BCUT2D eigenvalue weighted by Crippen LogP contribution is -2.52. The van der Waals surface area contributed by atoms with E-state index in [1.54, 1.807) is 0 Å².